The highest BCUT2D eigenvalue weighted by atomic mass is 35.5. The molecule has 4 aromatic rings. The number of nitrogens with two attached hydrogens (primary N) is 1. The maximum Gasteiger partial charge on any atom is 0.228 e. The van der Waals surface area contributed by atoms with Gasteiger partial charge in [0.2, 0.25) is 5.91 Å². The van der Waals surface area contributed by atoms with E-state index in [0.29, 0.717) is 10.8 Å². The van der Waals surface area contributed by atoms with Gasteiger partial charge in [0.15, 0.2) is 5.82 Å². The Labute approximate surface area is 178 Å². The zero-order valence-corrected chi connectivity index (χ0v) is 17.0. The van der Waals surface area contributed by atoms with Crippen molar-refractivity contribution in [3.8, 4) is 5.69 Å². The molecular formula is C23H20ClN5O. The van der Waals surface area contributed by atoms with Gasteiger partial charge < -0.3 is 15.6 Å². The summed E-state index contributed by atoms with van der Waals surface area (Å²) >= 11 is 6.00. The highest BCUT2D eigenvalue weighted by Crippen LogP contribution is 2.36. The molecule has 2 heterocycles. The molecule has 6 nitrogen and oxygen atoms in total. The van der Waals surface area contributed by atoms with Crippen LogP contribution in [0, 0.1) is 0 Å². The Balaban J connectivity index is 1.42. The van der Waals surface area contributed by atoms with Crippen molar-refractivity contribution >= 4 is 40.0 Å². The van der Waals surface area contributed by atoms with Crippen molar-refractivity contribution in [2.75, 3.05) is 11.1 Å². The standard InChI is InChI=1S/C23H20ClN5O/c24-15-4-1-3-14(11-15)12-20(30)28-16-7-9-17(10-8-16)29-19-6-2-5-18(19)21-22(29)23(25)27-13-26-21/h1,3-4,7-11,13H,2,5-6,12H2,(H,28,30)(H2,25,26,27). The first-order valence-corrected chi connectivity index (χ1v) is 10.3. The molecule has 3 N–H and O–H groups in total. The van der Waals surface area contributed by atoms with Crippen LogP contribution in [0.4, 0.5) is 11.5 Å². The predicted molar refractivity (Wildman–Crippen MR) is 119 cm³/mol. The number of hydrogen-bond donors (Lipinski definition) is 2. The van der Waals surface area contributed by atoms with Crippen molar-refractivity contribution in [2.45, 2.75) is 25.7 Å². The van der Waals surface area contributed by atoms with Gasteiger partial charge in [-0.3, -0.25) is 4.79 Å². The van der Waals surface area contributed by atoms with Gasteiger partial charge in [-0.25, -0.2) is 9.97 Å². The van der Waals surface area contributed by atoms with Gasteiger partial charge in [0.05, 0.1) is 11.9 Å². The number of halogens is 1. The topological polar surface area (TPSA) is 85.8 Å². The number of nitrogen functional groups attached to an aromatic ring is 1. The Morgan fingerprint density at radius 1 is 1.13 bits per heavy atom. The fraction of sp³-hybridized carbons (Fsp3) is 0.174. The van der Waals surface area contributed by atoms with Crippen molar-refractivity contribution in [1.29, 1.82) is 0 Å². The summed E-state index contributed by atoms with van der Waals surface area (Å²) in [5.74, 6) is 0.392. The van der Waals surface area contributed by atoms with Crippen molar-refractivity contribution in [1.82, 2.24) is 14.5 Å². The van der Waals surface area contributed by atoms with Crippen molar-refractivity contribution in [3.05, 3.63) is 76.7 Å². The lowest BCUT2D eigenvalue weighted by Gasteiger charge is -2.12. The lowest BCUT2D eigenvalue weighted by atomic mass is 10.1. The number of benzene rings is 2. The molecule has 1 aliphatic rings. The minimum absolute atomic E-state index is 0.0880. The molecule has 0 spiro atoms. The average Bonchev–Trinajstić information content (AvgIpc) is 3.30. The predicted octanol–water partition coefficient (Wildman–Crippen LogP) is 4.33. The smallest absolute Gasteiger partial charge is 0.228 e. The van der Waals surface area contributed by atoms with Crippen LogP contribution in [0.25, 0.3) is 16.7 Å². The van der Waals surface area contributed by atoms with Gasteiger partial charge in [-0.1, -0.05) is 23.7 Å². The largest absolute Gasteiger partial charge is 0.382 e. The average molecular weight is 418 g/mol. The monoisotopic (exact) mass is 417 g/mol. The molecule has 2 aromatic heterocycles. The van der Waals surface area contributed by atoms with E-state index in [0.717, 1.165) is 47.2 Å². The lowest BCUT2D eigenvalue weighted by molar-refractivity contribution is -0.115. The second-order valence-corrected chi connectivity index (χ2v) is 7.91. The molecule has 0 fully saturated rings. The summed E-state index contributed by atoms with van der Waals surface area (Å²) < 4.78 is 2.16. The Bertz CT molecular complexity index is 1260. The number of carbonyl (C=O) groups excluding carboxylic acids is 1. The maximum atomic E-state index is 12.4. The quantitative estimate of drug-likeness (QED) is 0.517. The molecule has 1 amide bonds. The van der Waals surface area contributed by atoms with Gasteiger partial charge in [-0.2, -0.15) is 0 Å². The van der Waals surface area contributed by atoms with E-state index in [-0.39, 0.29) is 12.3 Å². The number of hydrogen-bond acceptors (Lipinski definition) is 4. The van der Waals surface area contributed by atoms with Crippen LogP contribution in [0.2, 0.25) is 5.02 Å². The van der Waals surface area contributed by atoms with Crippen LogP contribution >= 0.6 is 11.6 Å². The number of rotatable bonds is 4. The van der Waals surface area contributed by atoms with E-state index in [1.165, 1.54) is 17.6 Å². The van der Waals surface area contributed by atoms with Crippen LogP contribution in [-0.4, -0.2) is 20.4 Å². The van der Waals surface area contributed by atoms with Crippen LogP contribution in [0.3, 0.4) is 0 Å². The zero-order valence-electron chi connectivity index (χ0n) is 16.2. The molecule has 5 rings (SSSR count). The van der Waals surface area contributed by atoms with E-state index >= 15 is 0 Å². The molecule has 0 saturated heterocycles. The van der Waals surface area contributed by atoms with Crippen LogP contribution in [0.15, 0.2) is 54.9 Å². The number of fused-ring (bicyclic) bond motifs is 3. The summed E-state index contributed by atoms with van der Waals surface area (Å²) in [6, 6.07) is 15.1. The number of nitrogens with one attached hydrogen (secondary N) is 1. The minimum atomic E-state index is -0.0880. The fourth-order valence-corrected chi connectivity index (χ4v) is 4.43. The molecular weight excluding hydrogens is 398 g/mol. The van der Waals surface area contributed by atoms with Crippen LogP contribution < -0.4 is 11.1 Å². The first kappa shape index (κ1) is 18.6. The van der Waals surface area contributed by atoms with Crippen molar-refractivity contribution in [2.24, 2.45) is 0 Å². The number of aromatic nitrogens is 3. The molecule has 2 aromatic carbocycles. The SMILES string of the molecule is Nc1ncnc2c3c(n(-c4ccc(NC(=O)Cc5cccc(Cl)c5)cc4)c12)CCC3. The lowest BCUT2D eigenvalue weighted by Crippen LogP contribution is -2.14. The summed E-state index contributed by atoms with van der Waals surface area (Å²) in [5.41, 5.74) is 13.1. The summed E-state index contributed by atoms with van der Waals surface area (Å²) in [4.78, 5) is 21.1. The molecule has 0 unspecified atom stereocenters. The highest BCUT2D eigenvalue weighted by molar-refractivity contribution is 6.30. The van der Waals surface area contributed by atoms with Gasteiger partial charge in [-0.05, 0) is 66.8 Å². The third kappa shape index (κ3) is 3.29. The minimum Gasteiger partial charge on any atom is -0.382 e. The second-order valence-electron chi connectivity index (χ2n) is 7.47. The Kier molecular flexibility index (Phi) is 4.64. The van der Waals surface area contributed by atoms with E-state index in [9.17, 15) is 4.79 Å². The number of anilines is 2. The van der Waals surface area contributed by atoms with Gasteiger partial charge in [-0.15, -0.1) is 0 Å². The summed E-state index contributed by atoms with van der Waals surface area (Å²) in [6.45, 7) is 0. The highest BCUT2D eigenvalue weighted by Gasteiger charge is 2.25. The number of nitrogens with zero attached hydrogens (tertiary/aromatic N) is 3. The molecule has 0 aliphatic heterocycles. The molecule has 0 bridgehead atoms. The summed E-state index contributed by atoms with van der Waals surface area (Å²) in [6.07, 6.45) is 4.91. The molecule has 30 heavy (non-hydrogen) atoms. The normalized spacial score (nSPS) is 12.8. The summed E-state index contributed by atoms with van der Waals surface area (Å²) in [5, 5.41) is 3.57. The van der Waals surface area contributed by atoms with Gasteiger partial charge in [0.1, 0.15) is 11.8 Å². The van der Waals surface area contributed by atoms with Gasteiger partial charge in [0.25, 0.3) is 0 Å². The van der Waals surface area contributed by atoms with Crippen molar-refractivity contribution in [3.63, 3.8) is 0 Å². The first-order valence-electron chi connectivity index (χ1n) is 9.87. The van der Waals surface area contributed by atoms with Gasteiger partial charge >= 0.3 is 0 Å². The van der Waals surface area contributed by atoms with E-state index in [1.807, 2.05) is 36.4 Å². The molecule has 0 radical (unpaired) electrons. The third-order valence-corrected chi connectivity index (χ3v) is 5.72. The Hall–Kier alpha value is -3.38. The first-order chi connectivity index (χ1) is 14.6. The van der Waals surface area contributed by atoms with Crippen LogP contribution in [-0.2, 0) is 24.1 Å². The zero-order chi connectivity index (χ0) is 20.7. The number of aryl methyl sites for hydroxylation is 1. The van der Waals surface area contributed by atoms with Crippen LogP contribution in [0.5, 0.6) is 0 Å². The molecule has 1 aliphatic carbocycles. The van der Waals surface area contributed by atoms with E-state index < -0.39 is 0 Å². The summed E-state index contributed by atoms with van der Waals surface area (Å²) in [7, 11) is 0. The van der Waals surface area contributed by atoms with E-state index in [2.05, 4.69) is 19.9 Å². The van der Waals surface area contributed by atoms with Crippen molar-refractivity contribution < 1.29 is 4.79 Å². The van der Waals surface area contributed by atoms with E-state index in [1.54, 1.807) is 12.1 Å². The van der Waals surface area contributed by atoms with Gasteiger partial charge in [0, 0.05) is 22.1 Å². The van der Waals surface area contributed by atoms with Crippen LogP contribution in [0.1, 0.15) is 23.2 Å². The Morgan fingerprint density at radius 3 is 2.77 bits per heavy atom. The number of carbonyl (C=O) groups is 1. The third-order valence-electron chi connectivity index (χ3n) is 5.48. The second kappa shape index (κ2) is 7.46. The molecule has 7 heteroatoms. The molecule has 0 saturated carbocycles. The number of amides is 1. The Morgan fingerprint density at radius 2 is 1.97 bits per heavy atom. The van der Waals surface area contributed by atoms with E-state index in [4.69, 9.17) is 17.3 Å². The fourth-order valence-electron chi connectivity index (χ4n) is 4.21. The molecule has 0 atom stereocenters. The molecule has 150 valence electrons. The maximum absolute atomic E-state index is 12.4.